The fourth-order valence-corrected chi connectivity index (χ4v) is 4.49. The highest BCUT2D eigenvalue weighted by Gasteiger charge is 2.44. The standard InChI is InChI=1S/C10H18N2O3S/c1-2-3-10(13)12-5-4-11-8-6-16(14,15)7-9(8)12/h8-9,11H,2-7H2,1H3/t8-,9+/m0/s1. The summed E-state index contributed by atoms with van der Waals surface area (Å²) in [6.07, 6.45) is 1.33. The zero-order chi connectivity index (χ0) is 11.8. The van der Waals surface area contributed by atoms with E-state index in [2.05, 4.69) is 5.32 Å². The second-order valence-electron chi connectivity index (χ2n) is 4.54. The second kappa shape index (κ2) is 4.33. The SMILES string of the molecule is CCCC(=O)N1CCN[C@H]2CS(=O)(=O)C[C@H]21. The van der Waals surface area contributed by atoms with Crippen LogP contribution in [0.5, 0.6) is 0 Å². The van der Waals surface area contributed by atoms with Crippen LogP contribution < -0.4 is 5.32 Å². The quantitative estimate of drug-likeness (QED) is 0.705. The lowest BCUT2D eigenvalue weighted by atomic mass is 10.1. The summed E-state index contributed by atoms with van der Waals surface area (Å²) in [6, 6.07) is -0.197. The van der Waals surface area contributed by atoms with Gasteiger partial charge >= 0.3 is 0 Å². The molecule has 2 aliphatic heterocycles. The lowest BCUT2D eigenvalue weighted by molar-refractivity contribution is -0.134. The molecule has 0 radical (unpaired) electrons. The largest absolute Gasteiger partial charge is 0.336 e. The van der Waals surface area contributed by atoms with Gasteiger partial charge in [0.2, 0.25) is 5.91 Å². The molecule has 5 nitrogen and oxygen atoms in total. The summed E-state index contributed by atoms with van der Waals surface area (Å²) in [7, 11) is -2.97. The van der Waals surface area contributed by atoms with Crippen LogP contribution in [0.2, 0.25) is 0 Å². The van der Waals surface area contributed by atoms with E-state index in [0.717, 1.165) is 6.42 Å². The van der Waals surface area contributed by atoms with E-state index in [1.54, 1.807) is 4.90 Å². The smallest absolute Gasteiger partial charge is 0.222 e. The first-order valence-corrected chi connectivity index (χ1v) is 7.59. The lowest BCUT2D eigenvalue weighted by Crippen LogP contribution is -2.59. The van der Waals surface area contributed by atoms with Crippen molar-refractivity contribution in [2.24, 2.45) is 0 Å². The molecule has 16 heavy (non-hydrogen) atoms. The first-order chi connectivity index (χ1) is 7.53. The van der Waals surface area contributed by atoms with E-state index in [0.29, 0.717) is 19.5 Å². The van der Waals surface area contributed by atoms with E-state index in [1.165, 1.54) is 0 Å². The molecule has 2 fully saturated rings. The van der Waals surface area contributed by atoms with Crippen molar-refractivity contribution in [1.29, 1.82) is 0 Å². The molecule has 0 unspecified atom stereocenters. The van der Waals surface area contributed by atoms with Gasteiger partial charge < -0.3 is 10.2 Å². The number of nitrogens with zero attached hydrogens (tertiary/aromatic N) is 1. The van der Waals surface area contributed by atoms with E-state index < -0.39 is 9.84 Å². The molecule has 1 N–H and O–H groups in total. The normalized spacial score (nSPS) is 32.4. The van der Waals surface area contributed by atoms with Gasteiger partial charge in [-0.2, -0.15) is 0 Å². The van der Waals surface area contributed by atoms with E-state index >= 15 is 0 Å². The maximum Gasteiger partial charge on any atom is 0.222 e. The van der Waals surface area contributed by atoms with Gasteiger partial charge in [0.05, 0.1) is 17.5 Å². The first kappa shape index (κ1) is 11.9. The highest BCUT2D eigenvalue weighted by Crippen LogP contribution is 2.22. The molecule has 1 amide bonds. The Morgan fingerprint density at radius 2 is 2.19 bits per heavy atom. The summed E-state index contributed by atoms with van der Waals surface area (Å²) in [5.74, 6) is 0.393. The third-order valence-electron chi connectivity index (χ3n) is 3.27. The molecule has 92 valence electrons. The summed E-state index contributed by atoms with van der Waals surface area (Å²) >= 11 is 0. The third-order valence-corrected chi connectivity index (χ3v) is 4.98. The van der Waals surface area contributed by atoms with Gasteiger partial charge in [-0.05, 0) is 6.42 Å². The topological polar surface area (TPSA) is 66.5 Å². The molecule has 0 aromatic rings. The minimum atomic E-state index is -2.97. The summed E-state index contributed by atoms with van der Waals surface area (Å²) < 4.78 is 23.1. The van der Waals surface area contributed by atoms with Gasteiger partial charge in [0.1, 0.15) is 0 Å². The van der Waals surface area contributed by atoms with E-state index in [4.69, 9.17) is 0 Å². The van der Waals surface area contributed by atoms with Crippen molar-refractivity contribution < 1.29 is 13.2 Å². The van der Waals surface area contributed by atoms with Crippen molar-refractivity contribution in [3.05, 3.63) is 0 Å². The van der Waals surface area contributed by atoms with Gasteiger partial charge in [-0.25, -0.2) is 8.42 Å². The molecular formula is C10H18N2O3S. The van der Waals surface area contributed by atoms with Crippen molar-refractivity contribution in [3.63, 3.8) is 0 Å². The van der Waals surface area contributed by atoms with Crippen LogP contribution in [0.1, 0.15) is 19.8 Å². The van der Waals surface area contributed by atoms with E-state index in [1.807, 2.05) is 6.92 Å². The van der Waals surface area contributed by atoms with Gasteiger partial charge in [0, 0.05) is 25.6 Å². The van der Waals surface area contributed by atoms with Crippen molar-refractivity contribution in [1.82, 2.24) is 10.2 Å². The van der Waals surface area contributed by atoms with Crippen molar-refractivity contribution in [2.75, 3.05) is 24.6 Å². The monoisotopic (exact) mass is 246 g/mol. The minimum absolute atomic E-state index is 0.0560. The maximum atomic E-state index is 11.9. The van der Waals surface area contributed by atoms with Crippen LogP contribution in [0.4, 0.5) is 0 Å². The van der Waals surface area contributed by atoms with Gasteiger partial charge in [-0.1, -0.05) is 6.92 Å². The van der Waals surface area contributed by atoms with Gasteiger partial charge in [-0.3, -0.25) is 4.79 Å². The summed E-state index contributed by atoms with van der Waals surface area (Å²) in [4.78, 5) is 13.6. The highest BCUT2D eigenvalue weighted by molar-refractivity contribution is 7.91. The van der Waals surface area contributed by atoms with Crippen LogP contribution in [0.3, 0.4) is 0 Å². The molecule has 0 aliphatic carbocycles. The van der Waals surface area contributed by atoms with Gasteiger partial charge in [0.15, 0.2) is 9.84 Å². The predicted molar refractivity (Wildman–Crippen MR) is 60.9 cm³/mol. The first-order valence-electron chi connectivity index (χ1n) is 5.77. The molecular weight excluding hydrogens is 228 g/mol. The molecule has 6 heteroatoms. The zero-order valence-corrected chi connectivity index (χ0v) is 10.3. The Balaban J connectivity index is 2.13. The Morgan fingerprint density at radius 3 is 2.88 bits per heavy atom. The fraction of sp³-hybridized carbons (Fsp3) is 0.900. The van der Waals surface area contributed by atoms with E-state index in [-0.39, 0.29) is 29.5 Å². The number of amides is 1. The zero-order valence-electron chi connectivity index (χ0n) is 9.48. The molecule has 0 aromatic carbocycles. The van der Waals surface area contributed by atoms with Crippen LogP contribution in [0.25, 0.3) is 0 Å². The van der Waals surface area contributed by atoms with Crippen LogP contribution in [-0.2, 0) is 14.6 Å². The lowest BCUT2D eigenvalue weighted by Gasteiger charge is -2.37. The Kier molecular flexibility index (Phi) is 3.21. The Morgan fingerprint density at radius 1 is 1.44 bits per heavy atom. The number of nitrogens with one attached hydrogen (secondary N) is 1. The summed E-state index contributed by atoms with van der Waals surface area (Å²) in [5.41, 5.74) is 0. The molecule has 0 aromatic heterocycles. The minimum Gasteiger partial charge on any atom is -0.336 e. The highest BCUT2D eigenvalue weighted by atomic mass is 32.2. The number of hydrogen-bond donors (Lipinski definition) is 1. The molecule has 2 rings (SSSR count). The predicted octanol–water partition coefficient (Wildman–Crippen LogP) is -0.616. The van der Waals surface area contributed by atoms with E-state index in [9.17, 15) is 13.2 Å². The summed E-state index contributed by atoms with van der Waals surface area (Å²) in [6.45, 7) is 3.30. The number of fused-ring (bicyclic) bond motifs is 1. The van der Waals surface area contributed by atoms with Crippen LogP contribution in [0.15, 0.2) is 0 Å². The van der Waals surface area contributed by atoms with Gasteiger partial charge in [-0.15, -0.1) is 0 Å². The fourth-order valence-electron chi connectivity index (χ4n) is 2.53. The molecule has 0 bridgehead atoms. The molecule has 2 atom stereocenters. The number of carbonyl (C=O) groups is 1. The number of hydrogen-bond acceptors (Lipinski definition) is 4. The van der Waals surface area contributed by atoms with Gasteiger partial charge in [0.25, 0.3) is 0 Å². The Bertz CT molecular complexity index is 380. The van der Waals surface area contributed by atoms with Crippen LogP contribution >= 0.6 is 0 Å². The molecule has 2 aliphatic rings. The molecule has 0 saturated carbocycles. The third kappa shape index (κ3) is 2.22. The van der Waals surface area contributed by atoms with Crippen molar-refractivity contribution in [3.8, 4) is 0 Å². The molecule has 0 spiro atoms. The number of rotatable bonds is 2. The molecule has 2 heterocycles. The maximum absolute atomic E-state index is 11.9. The van der Waals surface area contributed by atoms with Crippen molar-refractivity contribution in [2.45, 2.75) is 31.8 Å². The summed E-state index contributed by atoms with van der Waals surface area (Å²) in [5, 5.41) is 3.19. The number of carbonyl (C=O) groups excluding carboxylic acids is 1. The Hall–Kier alpha value is -0.620. The van der Waals surface area contributed by atoms with Crippen molar-refractivity contribution >= 4 is 15.7 Å². The number of piperazine rings is 1. The second-order valence-corrected chi connectivity index (χ2v) is 6.70. The number of sulfone groups is 1. The van der Waals surface area contributed by atoms with Crippen LogP contribution in [-0.4, -0.2) is 55.9 Å². The average molecular weight is 246 g/mol. The van der Waals surface area contributed by atoms with Crippen LogP contribution in [0, 0.1) is 0 Å². The molecule has 2 saturated heterocycles. The average Bonchev–Trinajstić information content (AvgIpc) is 2.51. The Labute approximate surface area is 96.1 Å².